The minimum Gasteiger partial charge on any atom is -0.370 e. The summed E-state index contributed by atoms with van der Waals surface area (Å²) in [4.78, 5) is 9.31. The standard InChI is InChI=1S/C9H11N5S/c1-2-10-8-5-7(3-4-11-8)15-9-12-6-13-14-9/h3-6H,2H2,1H3,(H,10,11)(H,12,13,14). The molecular weight excluding hydrogens is 210 g/mol. The molecule has 2 N–H and O–H groups in total. The first kappa shape index (κ1) is 9.97. The molecule has 0 bridgehead atoms. The number of pyridine rings is 1. The van der Waals surface area contributed by atoms with Crippen LogP contribution in [0.1, 0.15) is 6.92 Å². The van der Waals surface area contributed by atoms with Crippen LogP contribution in [0.3, 0.4) is 0 Å². The molecule has 2 aromatic heterocycles. The Balaban J connectivity index is 2.11. The third-order valence-corrected chi connectivity index (χ3v) is 2.58. The van der Waals surface area contributed by atoms with Gasteiger partial charge in [0.25, 0.3) is 0 Å². The van der Waals surface area contributed by atoms with Crippen molar-refractivity contribution in [2.75, 3.05) is 11.9 Å². The van der Waals surface area contributed by atoms with Gasteiger partial charge >= 0.3 is 0 Å². The second kappa shape index (κ2) is 4.79. The molecule has 0 amide bonds. The number of aromatic nitrogens is 4. The van der Waals surface area contributed by atoms with E-state index in [-0.39, 0.29) is 0 Å². The summed E-state index contributed by atoms with van der Waals surface area (Å²) in [5, 5.41) is 10.5. The third-order valence-electron chi connectivity index (χ3n) is 1.70. The molecule has 0 aliphatic carbocycles. The molecular formula is C9H11N5S. The van der Waals surface area contributed by atoms with Gasteiger partial charge in [-0.2, -0.15) is 5.10 Å². The summed E-state index contributed by atoms with van der Waals surface area (Å²) in [7, 11) is 0. The summed E-state index contributed by atoms with van der Waals surface area (Å²) < 4.78 is 0. The number of nitrogens with one attached hydrogen (secondary N) is 2. The zero-order valence-electron chi connectivity index (χ0n) is 8.27. The summed E-state index contributed by atoms with van der Waals surface area (Å²) in [6, 6.07) is 3.92. The number of aromatic amines is 1. The van der Waals surface area contributed by atoms with Crippen molar-refractivity contribution >= 4 is 17.6 Å². The third kappa shape index (κ3) is 2.69. The van der Waals surface area contributed by atoms with Crippen molar-refractivity contribution in [3.63, 3.8) is 0 Å². The Hall–Kier alpha value is -1.56. The molecule has 0 aliphatic rings. The topological polar surface area (TPSA) is 66.5 Å². The van der Waals surface area contributed by atoms with E-state index in [1.54, 1.807) is 6.20 Å². The average molecular weight is 221 g/mol. The first-order chi connectivity index (χ1) is 7.38. The fourth-order valence-corrected chi connectivity index (χ4v) is 1.83. The normalized spacial score (nSPS) is 10.2. The van der Waals surface area contributed by atoms with Gasteiger partial charge in [-0.05, 0) is 19.1 Å². The van der Waals surface area contributed by atoms with Crippen LogP contribution in [0.15, 0.2) is 34.7 Å². The molecule has 0 saturated heterocycles. The Morgan fingerprint density at radius 1 is 1.47 bits per heavy atom. The van der Waals surface area contributed by atoms with Crippen molar-refractivity contribution in [1.29, 1.82) is 0 Å². The van der Waals surface area contributed by atoms with Crippen molar-refractivity contribution in [1.82, 2.24) is 20.2 Å². The van der Waals surface area contributed by atoms with Gasteiger partial charge in [-0.15, -0.1) is 0 Å². The predicted molar refractivity (Wildman–Crippen MR) is 58.9 cm³/mol. The molecule has 0 spiro atoms. The highest BCUT2D eigenvalue weighted by Crippen LogP contribution is 2.24. The zero-order chi connectivity index (χ0) is 10.5. The Morgan fingerprint density at radius 2 is 2.40 bits per heavy atom. The van der Waals surface area contributed by atoms with E-state index >= 15 is 0 Å². The second-order valence-electron chi connectivity index (χ2n) is 2.80. The lowest BCUT2D eigenvalue weighted by Gasteiger charge is -2.03. The summed E-state index contributed by atoms with van der Waals surface area (Å²) in [6.45, 7) is 2.90. The van der Waals surface area contributed by atoms with Gasteiger partial charge in [0.2, 0.25) is 0 Å². The van der Waals surface area contributed by atoms with Crippen LogP contribution < -0.4 is 5.32 Å². The Bertz CT molecular complexity index is 414. The molecule has 0 atom stereocenters. The fourth-order valence-electron chi connectivity index (χ4n) is 1.11. The Kier molecular flexibility index (Phi) is 3.18. The maximum absolute atomic E-state index is 4.19. The largest absolute Gasteiger partial charge is 0.370 e. The molecule has 15 heavy (non-hydrogen) atoms. The summed E-state index contributed by atoms with van der Waals surface area (Å²) in [6.07, 6.45) is 3.27. The van der Waals surface area contributed by atoms with Crippen LogP contribution in [0.2, 0.25) is 0 Å². The van der Waals surface area contributed by atoms with Gasteiger partial charge in [0.05, 0.1) is 0 Å². The van der Waals surface area contributed by atoms with Crippen LogP contribution >= 0.6 is 11.8 Å². The highest BCUT2D eigenvalue weighted by molar-refractivity contribution is 7.99. The van der Waals surface area contributed by atoms with Gasteiger partial charge in [0.15, 0.2) is 5.16 Å². The number of hydrogen-bond donors (Lipinski definition) is 2. The van der Waals surface area contributed by atoms with Gasteiger partial charge in [-0.25, -0.2) is 9.97 Å². The molecule has 2 aromatic rings. The van der Waals surface area contributed by atoms with E-state index in [1.165, 1.54) is 18.1 Å². The van der Waals surface area contributed by atoms with E-state index in [1.807, 2.05) is 19.1 Å². The first-order valence-corrected chi connectivity index (χ1v) is 5.43. The summed E-state index contributed by atoms with van der Waals surface area (Å²) in [5.74, 6) is 0.877. The smallest absolute Gasteiger partial charge is 0.188 e. The first-order valence-electron chi connectivity index (χ1n) is 4.61. The molecule has 0 unspecified atom stereocenters. The maximum Gasteiger partial charge on any atom is 0.188 e. The molecule has 0 aliphatic heterocycles. The lowest BCUT2D eigenvalue weighted by molar-refractivity contribution is 0.973. The minimum atomic E-state index is 0.781. The number of nitrogens with zero attached hydrogens (tertiary/aromatic N) is 3. The van der Waals surface area contributed by atoms with E-state index in [0.717, 1.165) is 22.4 Å². The van der Waals surface area contributed by atoms with Gasteiger partial charge < -0.3 is 5.32 Å². The SMILES string of the molecule is CCNc1cc(Sc2ncn[nH]2)ccn1. The van der Waals surface area contributed by atoms with Gasteiger partial charge in [0.1, 0.15) is 12.1 Å². The number of hydrogen-bond acceptors (Lipinski definition) is 5. The Morgan fingerprint density at radius 3 is 3.13 bits per heavy atom. The zero-order valence-corrected chi connectivity index (χ0v) is 9.08. The van der Waals surface area contributed by atoms with E-state index < -0.39 is 0 Å². The molecule has 5 nitrogen and oxygen atoms in total. The number of anilines is 1. The average Bonchev–Trinajstić information content (AvgIpc) is 2.71. The molecule has 0 aromatic carbocycles. The van der Waals surface area contributed by atoms with Crippen LogP contribution in [0.4, 0.5) is 5.82 Å². The molecule has 78 valence electrons. The number of rotatable bonds is 4. The molecule has 2 heterocycles. The van der Waals surface area contributed by atoms with Crippen molar-refractivity contribution in [2.24, 2.45) is 0 Å². The Labute approximate surface area is 91.7 Å². The van der Waals surface area contributed by atoms with Crippen molar-refractivity contribution in [3.8, 4) is 0 Å². The van der Waals surface area contributed by atoms with Crippen LogP contribution in [0, 0.1) is 0 Å². The minimum absolute atomic E-state index is 0.781. The summed E-state index contributed by atoms with van der Waals surface area (Å²) >= 11 is 1.53. The van der Waals surface area contributed by atoms with Gasteiger partial charge in [0, 0.05) is 17.6 Å². The van der Waals surface area contributed by atoms with Gasteiger partial charge in [-0.3, -0.25) is 5.10 Å². The van der Waals surface area contributed by atoms with Crippen LogP contribution in [-0.2, 0) is 0 Å². The second-order valence-corrected chi connectivity index (χ2v) is 3.86. The molecule has 0 radical (unpaired) electrons. The molecule has 0 fully saturated rings. The highest BCUT2D eigenvalue weighted by atomic mass is 32.2. The highest BCUT2D eigenvalue weighted by Gasteiger charge is 2.01. The van der Waals surface area contributed by atoms with E-state index in [9.17, 15) is 0 Å². The lowest BCUT2D eigenvalue weighted by Crippen LogP contribution is -1.98. The van der Waals surface area contributed by atoms with E-state index in [4.69, 9.17) is 0 Å². The van der Waals surface area contributed by atoms with Crippen LogP contribution in [-0.4, -0.2) is 26.7 Å². The van der Waals surface area contributed by atoms with Crippen LogP contribution in [0.5, 0.6) is 0 Å². The monoisotopic (exact) mass is 221 g/mol. The molecule has 6 heteroatoms. The van der Waals surface area contributed by atoms with Crippen molar-refractivity contribution in [2.45, 2.75) is 17.0 Å². The van der Waals surface area contributed by atoms with Crippen LogP contribution in [0.25, 0.3) is 0 Å². The fraction of sp³-hybridized carbons (Fsp3) is 0.222. The van der Waals surface area contributed by atoms with E-state index in [2.05, 4.69) is 25.5 Å². The molecule has 2 rings (SSSR count). The molecule has 0 saturated carbocycles. The quantitative estimate of drug-likeness (QED) is 0.823. The summed E-state index contributed by atoms with van der Waals surface area (Å²) in [5.41, 5.74) is 0. The predicted octanol–water partition coefficient (Wildman–Crippen LogP) is 1.78. The van der Waals surface area contributed by atoms with Crippen molar-refractivity contribution in [3.05, 3.63) is 24.7 Å². The lowest BCUT2D eigenvalue weighted by atomic mass is 10.4. The van der Waals surface area contributed by atoms with Crippen molar-refractivity contribution < 1.29 is 0 Å². The van der Waals surface area contributed by atoms with Gasteiger partial charge in [-0.1, -0.05) is 11.8 Å². The van der Waals surface area contributed by atoms with E-state index in [0.29, 0.717) is 0 Å². The number of H-pyrrole nitrogens is 1. The maximum atomic E-state index is 4.19.